The first-order valence-electron chi connectivity index (χ1n) is 6.45. The zero-order chi connectivity index (χ0) is 13.8. The molecule has 0 radical (unpaired) electrons. The van der Waals surface area contributed by atoms with Gasteiger partial charge in [-0.25, -0.2) is 0 Å². The molecule has 1 N–H and O–H groups in total. The van der Waals surface area contributed by atoms with E-state index in [1.807, 2.05) is 25.1 Å². The van der Waals surface area contributed by atoms with Gasteiger partial charge in [-0.05, 0) is 25.1 Å². The third-order valence-electron chi connectivity index (χ3n) is 3.62. The van der Waals surface area contributed by atoms with Crippen LogP contribution in [0.5, 0.6) is 0 Å². The number of piperazine rings is 1. The molecule has 4 nitrogen and oxygen atoms in total. The maximum absolute atomic E-state index is 9.21. The molecule has 1 unspecified atom stereocenters. The molecule has 2 rings (SSSR count). The fraction of sp³-hybridized carbons (Fsp3) is 0.500. The van der Waals surface area contributed by atoms with Crippen LogP contribution in [-0.2, 0) is 0 Å². The molecule has 102 valence electrons. The van der Waals surface area contributed by atoms with Gasteiger partial charge in [-0.3, -0.25) is 4.90 Å². The highest BCUT2D eigenvalue weighted by atomic mass is 79.9. The highest BCUT2D eigenvalue weighted by molar-refractivity contribution is 9.10. The van der Waals surface area contributed by atoms with E-state index in [0.29, 0.717) is 5.56 Å². The Morgan fingerprint density at radius 1 is 1.37 bits per heavy atom. The normalized spacial score (nSPS) is 18.1. The SMILES string of the molecule is CC(CO)N1CCN(c2ccc(Br)cc2C#N)CC1. The molecular formula is C14H18BrN3O. The molecule has 1 aliphatic heterocycles. The molecule has 1 atom stereocenters. The predicted molar refractivity (Wildman–Crippen MR) is 79.2 cm³/mol. The van der Waals surface area contributed by atoms with Gasteiger partial charge in [0, 0.05) is 36.7 Å². The molecule has 0 aliphatic carbocycles. The van der Waals surface area contributed by atoms with E-state index in [1.165, 1.54) is 0 Å². The maximum Gasteiger partial charge on any atom is 0.101 e. The van der Waals surface area contributed by atoms with Gasteiger partial charge in [0.25, 0.3) is 0 Å². The molecule has 0 amide bonds. The highest BCUT2D eigenvalue weighted by Gasteiger charge is 2.22. The van der Waals surface area contributed by atoms with E-state index in [1.54, 1.807) is 0 Å². The van der Waals surface area contributed by atoms with Gasteiger partial charge in [0.1, 0.15) is 6.07 Å². The van der Waals surface area contributed by atoms with Crippen LogP contribution in [0, 0.1) is 11.3 Å². The lowest BCUT2D eigenvalue weighted by Gasteiger charge is -2.38. The summed E-state index contributed by atoms with van der Waals surface area (Å²) in [7, 11) is 0. The summed E-state index contributed by atoms with van der Waals surface area (Å²) >= 11 is 3.39. The molecule has 0 bridgehead atoms. The number of hydrogen-bond donors (Lipinski definition) is 1. The van der Waals surface area contributed by atoms with Crippen LogP contribution >= 0.6 is 15.9 Å². The fourth-order valence-corrected chi connectivity index (χ4v) is 2.75. The van der Waals surface area contributed by atoms with Gasteiger partial charge in [-0.1, -0.05) is 15.9 Å². The minimum absolute atomic E-state index is 0.196. The van der Waals surface area contributed by atoms with E-state index >= 15 is 0 Å². The third-order valence-corrected chi connectivity index (χ3v) is 4.11. The lowest BCUT2D eigenvalue weighted by atomic mass is 10.1. The van der Waals surface area contributed by atoms with E-state index in [0.717, 1.165) is 36.3 Å². The van der Waals surface area contributed by atoms with Crippen molar-refractivity contribution in [2.45, 2.75) is 13.0 Å². The third kappa shape index (κ3) is 3.27. The summed E-state index contributed by atoms with van der Waals surface area (Å²) in [5, 5.41) is 18.4. The minimum Gasteiger partial charge on any atom is -0.395 e. The first-order valence-corrected chi connectivity index (χ1v) is 7.24. The van der Waals surface area contributed by atoms with Gasteiger partial charge in [-0.2, -0.15) is 5.26 Å². The molecule has 0 aromatic heterocycles. The predicted octanol–water partition coefficient (Wildman–Crippen LogP) is 1.82. The molecule has 1 aliphatic rings. The van der Waals surface area contributed by atoms with Crippen molar-refractivity contribution in [1.29, 1.82) is 5.26 Å². The van der Waals surface area contributed by atoms with Crippen LogP contribution in [0.3, 0.4) is 0 Å². The van der Waals surface area contributed by atoms with Gasteiger partial charge in [0.15, 0.2) is 0 Å². The number of aliphatic hydroxyl groups excluding tert-OH is 1. The van der Waals surface area contributed by atoms with E-state index in [2.05, 4.69) is 31.8 Å². The van der Waals surface area contributed by atoms with Crippen LogP contribution in [0.4, 0.5) is 5.69 Å². The number of hydrogen-bond acceptors (Lipinski definition) is 4. The average molecular weight is 324 g/mol. The Hall–Kier alpha value is -1.09. The van der Waals surface area contributed by atoms with Crippen molar-refractivity contribution >= 4 is 21.6 Å². The maximum atomic E-state index is 9.21. The van der Waals surface area contributed by atoms with Crippen LogP contribution in [0.25, 0.3) is 0 Å². The van der Waals surface area contributed by atoms with Gasteiger partial charge < -0.3 is 10.0 Å². The zero-order valence-corrected chi connectivity index (χ0v) is 12.6. The first-order chi connectivity index (χ1) is 9.15. The average Bonchev–Trinajstić information content (AvgIpc) is 2.46. The molecule has 1 saturated heterocycles. The molecule has 1 aromatic carbocycles. The Balaban J connectivity index is 2.08. The van der Waals surface area contributed by atoms with Crippen LogP contribution in [-0.4, -0.2) is 48.8 Å². The first kappa shape index (κ1) is 14.3. The van der Waals surface area contributed by atoms with E-state index in [-0.39, 0.29) is 12.6 Å². The topological polar surface area (TPSA) is 50.5 Å². The van der Waals surface area contributed by atoms with Crippen molar-refractivity contribution in [3.05, 3.63) is 28.2 Å². The number of benzene rings is 1. The quantitative estimate of drug-likeness (QED) is 0.922. The van der Waals surface area contributed by atoms with Crippen molar-refractivity contribution in [1.82, 2.24) is 4.90 Å². The largest absolute Gasteiger partial charge is 0.395 e. The molecular weight excluding hydrogens is 306 g/mol. The summed E-state index contributed by atoms with van der Waals surface area (Å²) in [6, 6.07) is 8.29. The second-order valence-electron chi connectivity index (χ2n) is 4.83. The molecule has 19 heavy (non-hydrogen) atoms. The second kappa shape index (κ2) is 6.38. The van der Waals surface area contributed by atoms with Crippen LogP contribution < -0.4 is 4.90 Å². The summed E-state index contributed by atoms with van der Waals surface area (Å²) in [5.74, 6) is 0. The Morgan fingerprint density at radius 3 is 2.63 bits per heavy atom. The lowest BCUT2D eigenvalue weighted by Crippen LogP contribution is -2.50. The Kier molecular flexibility index (Phi) is 4.81. The molecule has 5 heteroatoms. The summed E-state index contributed by atoms with van der Waals surface area (Å²) in [6.07, 6.45) is 0. The van der Waals surface area contributed by atoms with Crippen LogP contribution in [0.1, 0.15) is 12.5 Å². The summed E-state index contributed by atoms with van der Waals surface area (Å²) in [5.41, 5.74) is 1.71. The van der Waals surface area contributed by atoms with Gasteiger partial charge >= 0.3 is 0 Å². The van der Waals surface area contributed by atoms with Crippen LogP contribution in [0.2, 0.25) is 0 Å². The van der Waals surface area contributed by atoms with Gasteiger partial charge in [0.2, 0.25) is 0 Å². The standard InChI is InChI=1S/C14H18BrN3O/c1-11(10-19)17-4-6-18(7-5-17)14-3-2-13(15)8-12(14)9-16/h2-3,8,11,19H,4-7,10H2,1H3. The zero-order valence-electron chi connectivity index (χ0n) is 11.0. The summed E-state index contributed by atoms with van der Waals surface area (Å²) in [6.45, 7) is 5.85. The number of anilines is 1. The molecule has 1 fully saturated rings. The number of nitriles is 1. The fourth-order valence-electron chi connectivity index (χ4n) is 2.39. The molecule has 1 aromatic rings. The number of aliphatic hydroxyl groups is 1. The number of nitrogens with zero attached hydrogens (tertiary/aromatic N) is 3. The highest BCUT2D eigenvalue weighted by Crippen LogP contribution is 2.25. The van der Waals surface area contributed by atoms with Gasteiger partial charge in [-0.15, -0.1) is 0 Å². The minimum atomic E-state index is 0.196. The monoisotopic (exact) mass is 323 g/mol. The Labute approximate surface area is 122 Å². The van der Waals surface area contributed by atoms with Crippen molar-refractivity contribution in [2.75, 3.05) is 37.7 Å². The molecule has 1 heterocycles. The van der Waals surface area contributed by atoms with Crippen molar-refractivity contribution in [2.24, 2.45) is 0 Å². The van der Waals surface area contributed by atoms with Gasteiger partial charge in [0.05, 0.1) is 17.9 Å². The van der Waals surface area contributed by atoms with Crippen molar-refractivity contribution in [3.63, 3.8) is 0 Å². The summed E-state index contributed by atoms with van der Waals surface area (Å²) < 4.78 is 0.931. The van der Waals surface area contributed by atoms with E-state index < -0.39 is 0 Å². The Bertz CT molecular complexity index is 478. The molecule has 0 saturated carbocycles. The number of rotatable bonds is 3. The van der Waals surface area contributed by atoms with E-state index in [9.17, 15) is 10.4 Å². The van der Waals surface area contributed by atoms with Crippen molar-refractivity contribution < 1.29 is 5.11 Å². The summed E-state index contributed by atoms with van der Waals surface area (Å²) in [4.78, 5) is 4.52. The smallest absolute Gasteiger partial charge is 0.101 e. The number of halogens is 1. The van der Waals surface area contributed by atoms with E-state index in [4.69, 9.17) is 0 Å². The van der Waals surface area contributed by atoms with Crippen molar-refractivity contribution in [3.8, 4) is 6.07 Å². The van der Waals surface area contributed by atoms with Crippen LogP contribution in [0.15, 0.2) is 22.7 Å². The lowest BCUT2D eigenvalue weighted by molar-refractivity contribution is 0.128. The second-order valence-corrected chi connectivity index (χ2v) is 5.74. The Morgan fingerprint density at radius 2 is 2.05 bits per heavy atom. The molecule has 0 spiro atoms.